The molecule has 2 N–H and O–H groups in total. The zero-order valence-corrected chi connectivity index (χ0v) is 12.4. The SMILES string of the molecule is Cl.O=C(NC1CCCNC1)c1cc(F)c(F)cc1Br. The summed E-state index contributed by atoms with van der Waals surface area (Å²) in [7, 11) is 0. The van der Waals surface area contributed by atoms with Crippen molar-refractivity contribution < 1.29 is 13.6 Å². The fourth-order valence-corrected chi connectivity index (χ4v) is 2.43. The number of hydrogen-bond donors (Lipinski definition) is 2. The van der Waals surface area contributed by atoms with Gasteiger partial charge in [0.05, 0.1) is 5.56 Å². The van der Waals surface area contributed by atoms with Gasteiger partial charge >= 0.3 is 0 Å². The van der Waals surface area contributed by atoms with Gasteiger partial charge < -0.3 is 10.6 Å². The summed E-state index contributed by atoms with van der Waals surface area (Å²) >= 11 is 3.06. The molecule has 0 saturated carbocycles. The molecule has 1 amide bonds. The van der Waals surface area contributed by atoms with E-state index in [2.05, 4.69) is 26.6 Å². The summed E-state index contributed by atoms with van der Waals surface area (Å²) in [4.78, 5) is 11.9. The van der Waals surface area contributed by atoms with Gasteiger partial charge in [-0.25, -0.2) is 8.78 Å². The van der Waals surface area contributed by atoms with Crippen molar-refractivity contribution in [2.75, 3.05) is 13.1 Å². The number of carbonyl (C=O) groups excluding carboxylic acids is 1. The van der Waals surface area contributed by atoms with E-state index in [0.717, 1.165) is 31.5 Å². The van der Waals surface area contributed by atoms with Gasteiger partial charge in [0.1, 0.15) is 0 Å². The lowest BCUT2D eigenvalue weighted by atomic mass is 10.1. The van der Waals surface area contributed by atoms with Crippen LogP contribution in [0.5, 0.6) is 0 Å². The van der Waals surface area contributed by atoms with E-state index in [1.165, 1.54) is 0 Å². The largest absolute Gasteiger partial charge is 0.348 e. The summed E-state index contributed by atoms with van der Waals surface area (Å²) < 4.78 is 26.3. The normalized spacial score (nSPS) is 18.6. The molecule has 1 saturated heterocycles. The molecule has 0 radical (unpaired) electrons. The lowest BCUT2D eigenvalue weighted by Gasteiger charge is -2.24. The van der Waals surface area contributed by atoms with Crippen LogP contribution in [-0.2, 0) is 0 Å². The molecule has 19 heavy (non-hydrogen) atoms. The number of carbonyl (C=O) groups is 1. The topological polar surface area (TPSA) is 41.1 Å². The van der Waals surface area contributed by atoms with E-state index in [9.17, 15) is 13.6 Å². The van der Waals surface area contributed by atoms with Crippen molar-refractivity contribution in [2.45, 2.75) is 18.9 Å². The Morgan fingerprint density at radius 1 is 1.37 bits per heavy atom. The lowest BCUT2D eigenvalue weighted by Crippen LogP contribution is -2.45. The van der Waals surface area contributed by atoms with Crippen LogP contribution in [0.25, 0.3) is 0 Å². The number of piperidine rings is 1. The number of rotatable bonds is 2. The molecule has 1 aliphatic rings. The highest BCUT2D eigenvalue weighted by Crippen LogP contribution is 2.20. The molecular formula is C12H14BrClF2N2O. The van der Waals surface area contributed by atoms with E-state index in [4.69, 9.17) is 0 Å². The van der Waals surface area contributed by atoms with Gasteiger partial charge in [0.25, 0.3) is 5.91 Å². The molecule has 1 aromatic rings. The number of amides is 1. The molecule has 1 fully saturated rings. The predicted octanol–water partition coefficient (Wildman–Crippen LogP) is 2.63. The number of hydrogen-bond acceptors (Lipinski definition) is 2. The van der Waals surface area contributed by atoms with Gasteiger partial charge in [-0.05, 0) is 47.4 Å². The van der Waals surface area contributed by atoms with Crippen LogP contribution in [0.1, 0.15) is 23.2 Å². The Morgan fingerprint density at radius 2 is 2.05 bits per heavy atom. The lowest BCUT2D eigenvalue weighted by molar-refractivity contribution is 0.0929. The van der Waals surface area contributed by atoms with Crippen LogP contribution in [0.2, 0.25) is 0 Å². The maximum Gasteiger partial charge on any atom is 0.252 e. The van der Waals surface area contributed by atoms with Gasteiger partial charge in [0.15, 0.2) is 11.6 Å². The van der Waals surface area contributed by atoms with Crippen molar-refractivity contribution in [1.29, 1.82) is 0 Å². The van der Waals surface area contributed by atoms with Crippen molar-refractivity contribution in [1.82, 2.24) is 10.6 Å². The Bertz CT molecular complexity index is 467. The van der Waals surface area contributed by atoms with Crippen LogP contribution in [0.4, 0.5) is 8.78 Å². The highest BCUT2D eigenvalue weighted by atomic mass is 79.9. The van der Waals surface area contributed by atoms with E-state index in [1.807, 2.05) is 0 Å². The third-order valence-electron chi connectivity index (χ3n) is 2.89. The van der Waals surface area contributed by atoms with Crippen LogP contribution in [0.15, 0.2) is 16.6 Å². The maximum atomic E-state index is 13.1. The molecule has 1 heterocycles. The molecular weight excluding hydrogens is 341 g/mol. The monoisotopic (exact) mass is 354 g/mol. The Labute approximate surface area is 124 Å². The standard InChI is InChI=1S/C12H13BrF2N2O.ClH/c13-9-5-11(15)10(14)4-8(9)12(18)17-7-2-1-3-16-6-7;/h4-5,7,16H,1-3,6H2,(H,17,18);1H. The first-order valence-electron chi connectivity index (χ1n) is 5.74. The second-order valence-electron chi connectivity index (χ2n) is 4.26. The molecule has 7 heteroatoms. The highest BCUT2D eigenvalue weighted by Gasteiger charge is 2.19. The zero-order valence-electron chi connectivity index (χ0n) is 10.0. The van der Waals surface area contributed by atoms with Gasteiger partial charge in [0, 0.05) is 17.1 Å². The smallest absolute Gasteiger partial charge is 0.252 e. The van der Waals surface area contributed by atoms with E-state index in [0.29, 0.717) is 6.54 Å². The van der Waals surface area contributed by atoms with E-state index in [-0.39, 0.29) is 28.5 Å². The molecule has 0 spiro atoms. The Morgan fingerprint density at radius 3 is 2.68 bits per heavy atom. The van der Waals surface area contributed by atoms with Crippen molar-refractivity contribution in [3.63, 3.8) is 0 Å². The number of benzene rings is 1. The molecule has 3 nitrogen and oxygen atoms in total. The minimum Gasteiger partial charge on any atom is -0.348 e. The molecule has 2 rings (SSSR count). The summed E-state index contributed by atoms with van der Waals surface area (Å²) in [6.07, 6.45) is 1.88. The first-order valence-corrected chi connectivity index (χ1v) is 6.53. The third-order valence-corrected chi connectivity index (χ3v) is 3.54. The summed E-state index contributed by atoms with van der Waals surface area (Å²) in [6.45, 7) is 1.65. The summed E-state index contributed by atoms with van der Waals surface area (Å²) in [5.41, 5.74) is 0.111. The Kier molecular flexibility index (Phi) is 6.16. The number of halogens is 4. The van der Waals surface area contributed by atoms with E-state index < -0.39 is 17.5 Å². The quantitative estimate of drug-likeness (QED) is 0.801. The van der Waals surface area contributed by atoms with Crippen LogP contribution in [0, 0.1) is 11.6 Å². The van der Waals surface area contributed by atoms with Gasteiger partial charge in [0.2, 0.25) is 0 Å². The van der Waals surface area contributed by atoms with Crippen LogP contribution in [-0.4, -0.2) is 25.0 Å². The highest BCUT2D eigenvalue weighted by molar-refractivity contribution is 9.10. The van der Waals surface area contributed by atoms with Crippen LogP contribution in [0.3, 0.4) is 0 Å². The predicted molar refractivity (Wildman–Crippen MR) is 74.7 cm³/mol. The number of nitrogens with one attached hydrogen (secondary N) is 2. The van der Waals surface area contributed by atoms with Gasteiger partial charge in [-0.1, -0.05) is 0 Å². The molecule has 106 valence electrons. The Hall–Kier alpha value is -0.720. The third kappa shape index (κ3) is 4.12. The molecule has 1 aromatic carbocycles. The molecule has 1 unspecified atom stereocenters. The summed E-state index contributed by atoms with van der Waals surface area (Å²) in [6, 6.07) is 1.90. The van der Waals surface area contributed by atoms with Crippen LogP contribution >= 0.6 is 28.3 Å². The maximum absolute atomic E-state index is 13.1. The van der Waals surface area contributed by atoms with Gasteiger partial charge in [-0.3, -0.25) is 4.79 Å². The average Bonchev–Trinajstić information content (AvgIpc) is 2.35. The minimum absolute atomic E-state index is 0. The average molecular weight is 356 g/mol. The fourth-order valence-electron chi connectivity index (χ4n) is 1.93. The summed E-state index contributed by atoms with van der Waals surface area (Å²) in [5.74, 6) is -2.39. The van der Waals surface area contributed by atoms with Crippen LogP contribution < -0.4 is 10.6 Å². The first-order chi connectivity index (χ1) is 8.58. The fraction of sp³-hybridized carbons (Fsp3) is 0.417. The second-order valence-corrected chi connectivity index (χ2v) is 5.12. The van der Waals surface area contributed by atoms with Crippen molar-refractivity contribution in [3.05, 3.63) is 33.8 Å². The van der Waals surface area contributed by atoms with Gasteiger partial charge in [-0.2, -0.15) is 0 Å². The zero-order chi connectivity index (χ0) is 13.1. The van der Waals surface area contributed by atoms with E-state index >= 15 is 0 Å². The van der Waals surface area contributed by atoms with Crippen molar-refractivity contribution in [3.8, 4) is 0 Å². The molecule has 1 atom stereocenters. The van der Waals surface area contributed by atoms with E-state index in [1.54, 1.807) is 0 Å². The molecule has 0 aromatic heterocycles. The Balaban J connectivity index is 0.00000180. The molecule has 0 bridgehead atoms. The van der Waals surface area contributed by atoms with Gasteiger partial charge in [-0.15, -0.1) is 12.4 Å². The first kappa shape index (κ1) is 16.3. The van der Waals surface area contributed by atoms with Crippen molar-refractivity contribution in [2.24, 2.45) is 0 Å². The molecule has 0 aliphatic carbocycles. The minimum atomic E-state index is -1.02. The van der Waals surface area contributed by atoms with Crippen molar-refractivity contribution >= 4 is 34.2 Å². The molecule has 1 aliphatic heterocycles. The summed E-state index contributed by atoms with van der Waals surface area (Å²) in [5, 5.41) is 5.97. The second kappa shape index (κ2) is 7.17.